The molecule has 0 radical (unpaired) electrons. The Morgan fingerprint density at radius 1 is 1.04 bits per heavy atom. The van der Waals surface area contributed by atoms with Gasteiger partial charge in [-0.25, -0.2) is 0 Å². The lowest BCUT2D eigenvalue weighted by Crippen LogP contribution is -2.29. The molecule has 4 heteroatoms. The molecule has 2 aromatic carbocycles. The van der Waals surface area contributed by atoms with Crippen molar-refractivity contribution in [3.63, 3.8) is 0 Å². The van der Waals surface area contributed by atoms with Crippen LogP contribution in [0.2, 0.25) is 0 Å². The van der Waals surface area contributed by atoms with Crippen LogP contribution in [-0.2, 0) is 11.3 Å². The van der Waals surface area contributed by atoms with Crippen LogP contribution >= 0.6 is 0 Å². The highest BCUT2D eigenvalue weighted by Gasteiger charge is 2.28. The quantitative estimate of drug-likeness (QED) is 0.849. The maximum Gasteiger partial charge on any atom is 0.253 e. The van der Waals surface area contributed by atoms with E-state index in [1.165, 1.54) is 5.56 Å². The summed E-state index contributed by atoms with van der Waals surface area (Å²) in [4.78, 5) is 28.6. The second-order valence-corrected chi connectivity index (χ2v) is 7.27. The van der Waals surface area contributed by atoms with Crippen LogP contribution in [0, 0.1) is 0 Å². The lowest BCUT2D eigenvalue weighted by atomic mass is 9.99. The molecule has 1 atom stereocenters. The van der Waals surface area contributed by atoms with Crippen molar-refractivity contribution in [3.05, 3.63) is 71.3 Å². The van der Waals surface area contributed by atoms with Crippen LogP contribution in [0.15, 0.2) is 54.6 Å². The molecule has 0 N–H and O–H groups in total. The van der Waals surface area contributed by atoms with E-state index in [0.717, 1.165) is 43.6 Å². The third-order valence-corrected chi connectivity index (χ3v) is 5.47. The number of benzene rings is 2. The van der Waals surface area contributed by atoms with E-state index in [1.54, 1.807) is 0 Å². The lowest BCUT2D eigenvalue weighted by Gasteiger charge is -2.19. The molecule has 2 amide bonds. The molecule has 4 nitrogen and oxygen atoms in total. The maximum absolute atomic E-state index is 12.9. The van der Waals surface area contributed by atoms with E-state index in [2.05, 4.69) is 24.3 Å². The largest absolute Gasteiger partial charge is 0.338 e. The number of amides is 2. The van der Waals surface area contributed by atoms with Crippen molar-refractivity contribution in [2.45, 2.75) is 31.7 Å². The number of carbonyl (C=O) groups is 2. The van der Waals surface area contributed by atoms with Gasteiger partial charge < -0.3 is 9.80 Å². The van der Waals surface area contributed by atoms with Crippen molar-refractivity contribution in [1.82, 2.24) is 9.80 Å². The molecule has 0 spiro atoms. The second-order valence-electron chi connectivity index (χ2n) is 7.27. The van der Waals surface area contributed by atoms with Crippen molar-refractivity contribution in [2.24, 2.45) is 0 Å². The summed E-state index contributed by atoms with van der Waals surface area (Å²) in [6.07, 6.45) is 2.59. The van der Waals surface area contributed by atoms with Gasteiger partial charge in [-0.3, -0.25) is 9.59 Å². The average molecular weight is 348 g/mol. The summed E-state index contributed by atoms with van der Waals surface area (Å²) in [6.45, 7) is 3.00. The molecular weight excluding hydrogens is 324 g/mol. The van der Waals surface area contributed by atoms with Crippen molar-refractivity contribution < 1.29 is 9.59 Å². The summed E-state index contributed by atoms with van der Waals surface area (Å²) in [5, 5.41) is 0. The first-order chi connectivity index (χ1) is 12.7. The van der Waals surface area contributed by atoms with E-state index in [4.69, 9.17) is 0 Å². The fraction of sp³-hybridized carbons (Fsp3) is 0.364. The zero-order valence-electron chi connectivity index (χ0n) is 14.9. The Morgan fingerprint density at radius 2 is 1.88 bits per heavy atom. The van der Waals surface area contributed by atoms with Crippen LogP contribution in [0.4, 0.5) is 0 Å². The SMILES string of the molecule is O=C1CCCN1Cc1cccc(C(=O)N2CC[C@H](c3ccccc3)C2)c1. The fourth-order valence-electron chi connectivity index (χ4n) is 4.02. The van der Waals surface area contributed by atoms with E-state index in [1.807, 2.05) is 40.1 Å². The topological polar surface area (TPSA) is 40.6 Å². The first kappa shape index (κ1) is 16.8. The number of rotatable bonds is 4. The Bertz CT molecular complexity index is 803. The summed E-state index contributed by atoms with van der Waals surface area (Å²) in [5.41, 5.74) is 3.07. The van der Waals surface area contributed by atoms with Gasteiger partial charge >= 0.3 is 0 Å². The van der Waals surface area contributed by atoms with Gasteiger partial charge in [-0.15, -0.1) is 0 Å². The predicted molar refractivity (Wildman–Crippen MR) is 101 cm³/mol. The summed E-state index contributed by atoms with van der Waals surface area (Å²) >= 11 is 0. The number of carbonyl (C=O) groups excluding carboxylic acids is 2. The number of hydrogen-bond acceptors (Lipinski definition) is 2. The van der Waals surface area contributed by atoms with Crippen LogP contribution in [0.1, 0.15) is 46.7 Å². The zero-order chi connectivity index (χ0) is 17.9. The highest BCUT2D eigenvalue weighted by molar-refractivity contribution is 5.94. The number of nitrogens with zero attached hydrogens (tertiary/aromatic N) is 2. The molecule has 0 bridgehead atoms. The molecule has 0 unspecified atom stereocenters. The standard InChI is InChI=1S/C22H24N2O2/c25-21-10-5-12-23(21)15-17-6-4-9-19(14-17)22(26)24-13-11-20(16-24)18-7-2-1-3-8-18/h1-4,6-9,14,20H,5,10-13,15-16H2/t20-/m0/s1. The Balaban J connectivity index is 1.43. The average Bonchev–Trinajstić information content (AvgIpc) is 3.32. The van der Waals surface area contributed by atoms with Gasteiger partial charge in [-0.2, -0.15) is 0 Å². The van der Waals surface area contributed by atoms with Gasteiger partial charge in [0.1, 0.15) is 0 Å². The summed E-state index contributed by atoms with van der Waals surface area (Å²) in [6, 6.07) is 18.2. The molecule has 2 aliphatic rings. The van der Waals surface area contributed by atoms with E-state index in [9.17, 15) is 9.59 Å². The van der Waals surface area contributed by atoms with Crippen LogP contribution in [0.5, 0.6) is 0 Å². The molecule has 2 saturated heterocycles. The van der Waals surface area contributed by atoms with Gasteiger partial charge in [-0.1, -0.05) is 42.5 Å². The first-order valence-electron chi connectivity index (χ1n) is 9.41. The van der Waals surface area contributed by atoms with Gasteiger partial charge in [0.15, 0.2) is 0 Å². The van der Waals surface area contributed by atoms with Crippen LogP contribution in [0.3, 0.4) is 0 Å². The number of hydrogen-bond donors (Lipinski definition) is 0. The molecule has 2 aromatic rings. The molecule has 0 aliphatic carbocycles. The van der Waals surface area contributed by atoms with Crippen molar-refractivity contribution in [1.29, 1.82) is 0 Å². The molecule has 0 aromatic heterocycles. The smallest absolute Gasteiger partial charge is 0.253 e. The minimum absolute atomic E-state index is 0.0954. The molecule has 134 valence electrons. The monoisotopic (exact) mass is 348 g/mol. The maximum atomic E-state index is 12.9. The van der Waals surface area contributed by atoms with Crippen molar-refractivity contribution >= 4 is 11.8 Å². The van der Waals surface area contributed by atoms with Crippen molar-refractivity contribution in [3.8, 4) is 0 Å². The highest BCUT2D eigenvalue weighted by Crippen LogP contribution is 2.28. The summed E-state index contributed by atoms with van der Waals surface area (Å²) in [7, 11) is 0. The molecule has 0 saturated carbocycles. The normalized spacial score (nSPS) is 20.0. The highest BCUT2D eigenvalue weighted by atomic mass is 16.2. The number of likely N-dealkylation sites (tertiary alicyclic amines) is 2. The minimum Gasteiger partial charge on any atom is -0.338 e. The molecule has 2 aliphatic heterocycles. The van der Waals surface area contributed by atoms with E-state index in [0.29, 0.717) is 18.9 Å². The third kappa shape index (κ3) is 3.50. The Labute approximate surface area is 154 Å². The Morgan fingerprint density at radius 3 is 2.65 bits per heavy atom. The van der Waals surface area contributed by atoms with Gasteiger partial charge in [0.2, 0.25) is 5.91 Å². The minimum atomic E-state index is 0.0954. The molecule has 2 fully saturated rings. The van der Waals surface area contributed by atoms with E-state index >= 15 is 0 Å². The summed E-state index contributed by atoms with van der Waals surface area (Å²) in [5.74, 6) is 0.732. The molecular formula is C22H24N2O2. The second kappa shape index (κ2) is 7.32. The molecule has 26 heavy (non-hydrogen) atoms. The Kier molecular flexibility index (Phi) is 4.74. The van der Waals surface area contributed by atoms with Gasteiger partial charge in [0, 0.05) is 44.1 Å². The van der Waals surface area contributed by atoms with Crippen LogP contribution in [-0.4, -0.2) is 41.2 Å². The van der Waals surface area contributed by atoms with Gasteiger partial charge in [0.25, 0.3) is 5.91 Å². The van der Waals surface area contributed by atoms with Crippen LogP contribution < -0.4 is 0 Å². The zero-order valence-corrected chi connectivity index (χ0v) is 14.9. The Hall–Kier alpha value is -2.62. The van der Waals surface area contributed by atoms with Gasteiger partial charge in [-0.05, 0) is 36.1 Å². The predicted octanol–water partition coefficient (Wildman–Crippen LogP) is 3.44. The molecule has 2 heterocycles. The first-order valence-corrected chi connectivity index (χ1v) is 9.41. The summed E-state index contributed by atoms with van der Waals surface area (Å²) < 4.78 is 0. The lowest BCUT2D eigenvalue weighted by molar-refractivity contribution is -0.128. The van der Waals surface area contributed by atoms with E-state index < -0.39 is 0 Å². The van der Waals surface area contributed by atoms with Gasteiger partial charge in [0.05, 0.1) is 0 Å². The molecule has 4 rings (SSSR count). The van der Waals surface area contributed by atoms with Crippen molar-refractivity contribution in [2.75, 3.05) is 19.6 Å². The third-order valence-electron chi connectivity index (χ3n) is 5.47. The van der Waals surface area contributed by atoms with E-state index in [-0.39, 0.29) is 11.8 Å². The van der Waals surface area contributed by atoms with Crippen LogP contribution in [0.25, 0.3) is 0 Å². The fourth-order valence-corrected chi connectivity index (χ4v) is 4.02.